The Bertz CT molecular complexity index is 811. The maximum atomic E-state index is 12.8. The molecule has 1 N–H and O–H groups in total. The Morgan fingerprint density at radius 1 is 1.08 bits per heavy atom. The van der Waals surface area contributed by atoms with Crippen LogP contribution in [0.4, 0.5) is 10.5 Å². The van der Waals surface area contributed by atoms with Gasteiger partial charge >= 0.3 is 6.03 Å². The van der Waals surface area contributed by atoms with E-state index < -0.39 is 0 Å². The van der Waals surface area contributed by atoms with Gasteiger partial charge in [0.1, 0.15) is 0 Å². The number of hydrogen-bond donors (Lipinski definition) is 1. The second kappa shape index (κ2) is 7.46. The van der Waals surface area contributed by atoms with Crippen LogP contribution in [0, 0.1) is 0 Å². The second-order valence-corrected chi connectivity index (χ2v) is 6.99. The van der Waals surface area contributed by atoms with Gasteiger partial charge in [-0.25, -0.2) is 4.79 Å². The normalized spacial score (nSPS) is 19.1. The van der Waals surface area contributed by atoms with Gasteiger partial charge in [0.15, 0.2) is 11.5 Å². The van der Waals surface area contributed by atoms with E-state index in [0.29, 0.717) is 23.9 Å². The van der Waals surface area contributed by atoms with Gasteiger partial charge in [0.05, 0.1) is 19.3 Å². The van der Waals surface area contributed by atoms with Crippen molar-refractivity contribution >= 4 is 23.3 Å². The number of carbonyl (C=O) groups excluding carboxylic acids is 1. The van der Waals surface area contributed by atoms with Gasteiger partial charge in [-0.2, -0.15) is 0 Å². The molecule has 5 nitrogen and oxygen atoms in total. The first-order valence-electron chi connectivity index (χ1n) is 8.93. The molecule has 0 aliphatic carbocycles. The van der Waals surface area contributed by atoms with Crippen LogP contribution in [0.1, 0.15) is 30.9 Å². The van der Waals surface area contributed by atoms with Crippen molar-refractivity contribution in [1.29, 1.82) is 0 Å². The fourth-order valence-electron chi connectivity index (χ4n) is 3.51. The van der Waals surface area contributed by atoms with Crippen molar-refractivity contribution in [3.8, 4) is 11.5 Å². The zero-order chi connectivity index (χ0) is 17.9. The maximum Gasteiger partial charge on any atom is 0.322 e. The molecule has 136 valence electrons. The van der Waals surface area contributed by atoms with Crippen molar-refractivity contribution in [2.24, 2.45) is 0 Å². The molecule has 2 aliphatic rings. The molecule has 2 heterocycles. The number of anilines is 1. The molecule has 0 spiro atoms. The third kappa shape index (κ3) is 3.58. The van der Waals surface area contributed by atoms with E-state index in [0.717, 1.165) is 42.9 Å². The zero-order valence-electron chi connectivity index (χ0n) is 14.4. The summed E-state index contributed by atoms with van der Waals surface area (Å²) in [5, 5.41) is 3.54. The van der Waals surface area contributed by atoms with Crippen LogP contribution in [0.3, 0.4) is 0 Å². The number of nitrogens with zero attached hydrogens (tertiary/aromatic N) is 1. The van der Waals surface area contributed by atoms with Crippen LogP contribution in [0.25, 0.3) is 0 Å². The topological polar surface area (TPSA) is 50.8 Å². The summed E-state index contributed by atoms with van der Waals surface area (Å²) in [6, 6.07) is 13.1. The molecule has 1 saturated heterocycles. The van der Waals surface area contributed by atoms with Gasteiger partial charge in [0.2, 0.25) is 0 Å². The monoisotopic (exact) mass is 372 g/mol. The SMILES string of the molecule is O=C(Nc1cccc(Cl)c1)N1CCC[C@H]1c1ccc2c(c1)OCCCO2. The van der Waals surface area contributed by atoms with E-state index in [9.17, 15) is 4.79 Å². The molecule has 0 bridgehead atoms. The Hall–Kier alpha value is -2.40. The number of likely N-dealkylation sites (tertiary alicyclic amines) is 1. The Kier molecular flexibility index (Phi) is 4.89. The van der Waals surface area contributed by atoms with E-state index in [2.05, 4.69) is 5.32 Å². The molecule has 4 rings (SSSR count). The highest BCUT2D eigenvalue weighted by Crippen LogP contribution is 2.38. The van der Waals surface area contributed by atoms with Crippen LogP contribution in [-0.2, 0) is 0 Å². The minimum absolute atomic E-state index is 0.0336. The number of rotatable bonds is 2. The summed E-state index contributed by atoms with van der Waals surface area (Å²) in [7, 11) is 0. The van der Waals surface area contributed by atoms with Crippen LogP contribution in [0.15, 0.2) is 42.5 Å². The van der Waals surface area contributed by atoms with Crippen LogP contribution in [-0.4, -0.2) is 30.7 Å². The third-order valence-corrected chi connectivity index (χ3v) is 4.98. The Morgan fingerprint density at radius 2 is 1.92 bits per heavy atom. The lowest BCUT2D eigenvalue weighted by Crippen LogP contribution is -2.34. The molecule has 0 radical (unpaired) electrons. The molecule has 0 unspecified atom stereocenters. The molecule has 0 saturated carbocycles. The maximum absolute atomic E-state index is 12.8. The smallest absolute Gasteiger partial charge is 0.322 e. The van der Waals surface area contributed by atoms with Gasteiger partial charge in [-0.1, -0.05) is 23.7 Å². The molecule has 2 aromatic carbocycles. The van der Waals surface area contributed by atoms with Crippen molar-refractivity contribution in [1.82, 2.24) is 4.90 Å². The highest BCUT2D eigenvalue weighted by atomic mass is 35.5. The molecule has 6 heteroatoms. The number of amides is 2. The van der Waals surface area contributed by atoms with E-state index in [1.807, 2.05) is 35.2 Å². The molecular weight excluding hydrogens is 352 g/mol. The summed E-state index contributed by atoms with van der Waals surface area (Å²) in [5.41, 5.74) is 1.78. The highest BCUT2D eigenvalue weighted by molar-refractivity contribution is 6.30. The van der Waals surface area contributed by atoms with Crippen LogP contribution in [0.5, 0.6) is 11.5 Å². The van der Waals surface area contributed by atoms with Gasteiger partial charge in [0, 0.05) is 23.7 Å². The van der Waals surface area contributed by atoms with Crippen LogP contribution >= 0.6 is 11.6 Å². The van der Waals surface area contributed by atoms with Crippen molar-refractivity contribution < 1.29 is 14.3 Å². The molecule has 1 fully saturated rings. The molecular formula is C20H21ClN2O3. The van der Waals surface area contributed by atoms with Crippen LogP contribution < -0.4 is 14.8 Å². The fraction of sp³-hybridized carbons (Fsp3) is 0.350. The van der Waals surface area contributed by atoms with Crippen molar-refractivity contribution in [2.75, 3.05) is 25.1 Å². The first-order valence-corrected chi connectivity index (χ1v) is 9.31. The van der Waals surface area contributed by atoms with Crippen molar-refractivity contribution in [3.63, 3.8) is 0 Å². The van der Waals surface area contributed by atoms with Crippen LogP contribution in [0.2, 0.25) is 5.02 Å². The largest absolute Gasteiger partial charge is 0.490 e. The predicted octanol–water partition coefficient (Wildman–Crippen LogP) is 4.87. The van der Waals surface area contributed by atoms with Gasteiger partial charge in [-0.15, -0.1) is 0 Å². The standard InChI is InChI=1S/C20H21ClN2O3/c21-15-4-1-5-16(13-15)22-20(24)23-9-2-6-17(23)14-7-8-18-19(12-14)26-11-3-10-25-18/h1,4-5,7-8,12-13,17H,2-3,6,9-11H2,(H,22,24)/t17-/m0/s1. The van der Waals surface area contributed by atoms with E-state index in [1.165, 1.54) is 0 Å². The van der Waals surface area contributed by atoms with E-state index in [4.69, 9.17) is 21.1 Å². The summed E-state index contributed by atoms with van der Waals surface area (Å²) in [4.78, 5) is 14.6. The molecule has 2 aromatic rings. The summed E-state index contributed by atoms with van der Waals surface area (Å²) in [6.07, 6.45) is 2.78. The number of fused-ring (bicyclic) bond motifs is 1. The van der Waals surface area contributed by atoms with Gasteiger partial charge in [-0.3, -0.25) is 0 Å². The average molecular weight is 373 g/mol. The first kappa shape index (κ1) is 17.0. The second-order valence-electron chi connectivity index (χ2n) is 6.55. The number of nitrogens with one attached hydrogen (secondary N) is 1. The number of urea groups is 1. The van der Waals surface area contributed by atoms with Crippen molar-refractivity contribution in [2.45, 2.75) is 25.3 Å². The molecule has 0 aromatic heterocycles. The zero-order valence-corrected chi connectivity index (χ0v) is 15.2. The van der Waals surface area contributed by atoms with E-state index in [1.54, 1.807) is 12.1 Å². The van der Waals surface area contributed by atoms with E-state index >= 15 is 0 Å². The number of ether oxygens (including phenoxy) is 2. The Morgan fingerprint density at radius 3 is 2.77 bits per heavy atom. The molecule has 26 heavy (non-hydrogen) atoms. The number of halogens is 1. The third-order valence-electron chi connectivity index (χ3n) is 4.75. The number of carbonyl (C=O) groups is 1. The molecule has 2 aliphatic heterocycles. The minimum atomic E-state index is -0.109. The minimum Gasteiger partial charge on any atom is -0.490 e. The summed E-state index contributed by atoms with van der Waals surface area (Å²) in [5.74, 6) is 1.54. The lowest BCUT2D eigenvalue weighted by Gasteiger charge is -2.26. The van der Waals surface area contributed by atoms with E-state index in [-0.39, 0.29) is 12.1 Å². The van der Waals surface area contributed by atoms with Gasteiger partial charge in [0.25, 0.3) is 0 Å². The predicted molar refractivity (Wildman–Crippen MR) is 101 cm³/mol. The molecule has 1 atom stereocenters. The van der Waals surface area contributed by atoms with Gasteiger partial charge < -0.3 is 19.7 Å². The number of benzene rings is 2. The quantitative estimate of drug-likeness (QED) is 0.818. The lowest BCUT2D eigenvalue weighted by atomic mass is 10.0. The van der Waals surface area contributed by atoms with Gasteiger partial charge in [-0.05, 0) is 48.7 Å². The summed E-state index contributed by atoms with van der Waals surface area (Å²) < 4.78 is 11.5. The lowest BCUT2D eigenvalue weighted by molar-refractivity contribution is 0.207. The summed E-state index contributed by atoms with van der Waals surface area (Å²) >= 11 is 6.00. The Labute approximate surface area is 157 Å². The fourth-order valence-corrected chi connectivity index (χ4v) is 3.70. The molecule has 2 amide bonds. The van der Waals surface area contributed by atoms with Crippen molar-refractivity contribution in [3.05, 3.63) is 53.1 Å². The number of hydrogen-bond acceptors (Lipinski definition) is 3. The Balaban J connectivity index is 1.53. The first-order chi connectivity index (χ1) is 12.7. The average Bonchev–Trinajstić information content (AvgIpc) is 3.01. The summed E-state index contributed by atoms with van der Waals surface area (Å²) in [6.45, 7) is 2.05. The highest BCUT2D eigenvalue weighted by Gasteiger charge is 2.31.